The number of hydrogen-bond acceptors (Lipinski definition) is 3. The van der Waals surface area contributed by atoms with Crippen molar-refractivity contribution >= 4 is 17.5 Å². The van der Waals surface area contributed by atoms with Gasteiger partial charge in [0.2, 0.25) is 5.91 Å². The molecule has 6 heteroatoms. The van der Waals surface area contributed by atoms with Gasteiger partial charge in [0.25, 0.3) is 5.91 Å². The molecular weight excluding hydrogens is 268 g/mol. The number of carbonyl (C=O) groups is 2. The fourth-order valence-corrected chi connectivity index (χ4v) is 2.60. The highest BCUT2D eigenvalue weighted by atomic mass is 16.2. The molecule has 2 aromatic rings. The highest BCUT2D eigenvalue weighted by molar-refractivity contribution is 5.97. The van der Waals surface area contributed by atoms with E-state index in [4.69, 9.17) is 0 Å². The molecule has 6 nitrogen and oxygen atoms in total. The van der Waals surface area contributed by atoms with Crippen molar-refractivity contribution in [3.8, 4) is 0 Å². The summed E-state index contributed by atoms with van der Waals surface area (Å²) in [5.74, 6) is -0.150. The number of rotatable bonds is 3. The van der Waals surface area contributed by atoms with Gasteiger partial charge in [0.1, 0.15) is 5.69 Å². The Morgan fingerprint density at radius 3 is 3.05 bits per heavy atom. The first-order valence-electron chi connectivity index (χ1n) is 6.79. The van der Waals surface area contributed by atoms with Crippen LogP contribution in [0.3, 0.4) is 0 Å². The molecule has 0 saturated carbocycles. The number of hydrogen-bond donors (Lipinski definition) is 2. The van der Waals surface area contributed by atoms with Crippen molar-refractivity contribution in [1.29, 1.82) is 0 Å². The highest BCUT2D eigenvalue weighted by Gasteiger charge is 2.29. The Labute approximate surface area is 122 Å². The topological polar surface area (TPSA) is 78.1 Å². The second-order valence-corrected chi connectivity index (χ2v) is 5.09. The Morgan fingerprint density at radius 1 is 1.48 bits per heavy atom. The molecule has 0 spiro atoms. The SMILES string of the molecule is CN1C(=O)C[C@@H](CNC(=O)c2cnc[nH]2)c2ccccc21. The zero-order valence-corrected chi connectivity index (χ0v) is 11.7. The summed E-state index contributed by atoms with van der Waals surface area (Å²) in [6.45, 7) is 0.425. The molecule has 1 aromatic carbocycles. The number of amides is 2. The fourth-order valence-electron chi connectivity index (χ4n) is 2.60. The Morgan fingerprint density at radius 2 is 2.29 bits per heavy atom. The molecule has 0 fully saturated rings. The third-order valence-corrected chi connectivity index (χ3v) is 3.78. The molecule has 3 rings (SSSR count). The molecule has 0 radical (unpaired) electrons. The van der Waals surface area contributed by atoms with E-state index in [0.717, 1.165) is 11.3 Å². The van der Waals surface area contributed by atoms with Gasteiger partial charge >= 0.3 is 0 Å². The molecule has 21 heavy (non-hydrogen) atoms. The van der Waals surface area contributed by atoms with Crippen LogP contribution >= 0.6 is 0 Å². The standard InChI is InChI=1S/C15H16N4O2/c1-19-13-5-3-2-4-11(13)10(6-14(19)20)7-17-15(21)12-8-16-9-18-12/h2-5,8-10H,6-7H2,1H3,(H,16,18)(H,17,21)/t10-/m0/s1. The molecule has 1 aliphatic rings. The van der Waals surface area contributed by atoms with Gasteiger partial charge in [0.15, 0.2) is 0 Å². The molecular formula is C15H16N4O2. The number of aromatic nitrogens is 2. The Hall–Kier alpha value is -2.63. The van der Waals surface area contributed by atoms with Gasteiger partial charge in [-0.05, 0) is 11.6 Å². The molecule has 0 saturated heterocycles. The van der Waals surface area contributed by atoms with Crippen LogP contribution < -0.4 is 10.2 Å². The molecule has 2 N–H and O–H groups in total. The van der Waals surface area contributed by atoms with Gasteiger partial charge in [-0.1, -0.05) is 18.2 Å². The summed E-state index contributed by atoms with van der Waals surface area (Å²) in [7, 11) is 1.78. The predicted molar refractivity (Wildman–Crippen MR) is 78.1 cm³/mol. The maximum absolute atomic E-state index is 12.0. The molecule has 2 heterocycles. The van der Waals surface area contributed by atoms with E-state index in [1.165, 1.54) is 12.5 Å². The van der Waals surface area contributed by atoms with E-state index in [-0.39, 0.29) is 17.7 Å². The number of H-pyrrole nitrogens is 1. The van der Waals surface area contributed by atoms with E-state index in [0.29, 0.717) is 18.7 Å². The van der Waals surface area contributed by atoms with Crippen LogP contribution in [-0.4, -0.2) is 35.4 Å². The lowest BCUT2D eigenvalue weighted by Gasteiger charge is -2.31. The van der Waals surface area contributed by atoms with Gasteiger partial charge in [-0.15, -0.1) is 0 Å². The molecule has 2 amide bonds. The van der Waals surface area contributed by atoms with Gasteiger partial charge in [0.05, 0.1) is 12.5 Å². The Balaban J connectivity index is 1.75. The first kappa shape index (κ1) is 13.4. The number of fused-ring (bicyclic) bond motifs is 1. The molecule has 108 valence electrons. The number of imidazole rings is 1. The molecule has 0 unspecified atom stereocenters. The summed E-state index contributed by atoms with van der Waals surface area (Å²) >= 11 is 0. The van der Waals surface area contributed by atoms with Crippen LogP contribution in [0.15, 0.2) is 36.8 Å². The summed E-state index contributed by atoms with van der Waals surface area (Å²) in [6.07, 6.45) is 3.34. The number of nitrogens with zero attached hydrogens (tertiary/aromatic N) is 2. The maximum Gasteiger partial charge on any atom is 0.269 e. The van der Waals surface area contributed by atoms with E-state index in [1.54, 1.807) is 11.9 Å². The summed E-state index contributed by atoms with van der Waals surface area (Å²) < 4.78 is 0. The van der Waals surface area contributed by atoms with Gasteiger partial charge in [-0.3, -0.25) is 9.59 Å². The second kappa shape index (κ2) is 5.40. The number of para-hydroxylation sites is 1. The lowest BCUT2D eigenvalue weighted by molar-refractivity contribution is -0.119. The van der Waals surface area contributed by atoms with Crippen LogP contribution in [0, 0.1) is 0 Å². The molecule has 1 aliphatic heterocycles. The van der Waals surface area contributed by atoms with Crippen molar-refractivity contribution in [2.24, 2.45) is 0 Å². The monoisotopic (exact) mass is 284 g/mol. The largest absolute Gasteiger partial charge is 0.350 e. The number of anilines is 1. The zero-order valence-electron chi connectivity index (χ0n) is 11.7. The maximum atomic E-state index is 12.0. The summed E-state index contributed by atoms with van der Waals surface area (Å²) in [6, 6.07) is 7.79. The smallest absolute Gasteiger partial charge is 0.269 e. The minimum Gasteiger partial charge on any atom is -0.350 e. The van der Waals surface area contributed by atoms with E-state index >= 15 is 0 Å². The normalized spacial score (nSPS) is 17.5. The number of nitrogens with one attached hydrogen (secondary N) is 2. The van der Waals surface area contributed by atoms with Gasteiger partial charge in [-0.2, -0.15) is 0 Å². The minimum absolute atomic E-state index is 0.00299. The molecule has 1 aromatic heterocycles. The van der Waals surface area contributed by atoms with Gasteiger partial charge < -0.3 is 15.2 Å². The summed E-state index contributed by atoms with van der Waals surface area (Å²) in [4.78, 5) is 32.2. The molecule has 0 bridgehead atoms. The van der Waals surface area contributed by atoms with Crippen molar-refractivity contribution in [3.05, 3.63) is 48.0 Å². The van der Waals surface area contributed by atoms with Crippen LogP contribution in [0.2, 0.25) is 0 Å². The number of aromatic amines is 1. The lowest BCUT2D eigenvalue weighted by atomic mass is 9.89. The second-order valence-electron chi connectivity index (χ2n) is 5.09. The van der Waals surface area contributed by atoms with Crippen molar-refractivity contribution in [3.63, 3.8) is 0 Å². The van der Waals surface area contributed by atoms with E-state index in [9.17, 15) is 9.59 Å². The van der Waals surface area contributed by atoms with E-state index in [2.05, 4.69) is 15.3 Å². The van der Waals surface area contributed by atoms with Crippen molar-refractivity contribution in [2.45, 2.75) is 12.3 Å². The van der Waals surface area contributed by atoms with Crippen molar-refractivity contribution in [1.82, 2.24) is 15.3 Å². The van der Waals surface area contributed by atoms with Crippen LogP contribution in [0.25, 0.3) is 0 Å². The summed E-state index contributed by atoms with van der Waals surface area (Å²) in [5, 5.41) is 2.85. The fraction of sp³-hybridized carbons (Fsp3) is 0.267. The molecule has 0 aliphatic carbocycles. The predicted octanol–water partition coefficient (Wildman–Crippen LogP) is 1.29. The van der Waals surface area contributed by atoms with E-state index in [1.807, 2.05) is 24.3 Å². The third kappa shape index (κ3) is 2.52. The molecule has 1 atom stereocenters. The Kier molecular flexibility index (Phi) is 3.43. The number of benzene rings is 1. The highest BCUT2D eigenvalue weighted by Crippen LogP contribution is 2.34. The van der Waals surface area contributed by atoms with Crippen LogP contribution in [0.5, 0.6) is 0 Å². The summed E-state index contributed by atoms with van der Waals surface area (Å²) in [5.41, 5.74) is 2.42. The third-order valence-electron chi connectivity index (χ3n) is 3.78. The van der Waals surface area contributed by atoms with Crippen LogP contribution in [0.4, 0.5) is 5.69 Å². The van der Waals surface area contributed by atoms with Gasteiger partial charge in [-0.25, -0.2) is 4.98 Å². The lowest BCUT2D eigenvalue weighted by Crippen LogP contribution is -2.37. The Bertz CT molecular complexity index is 666. The zero-order chi connectivity index (χ0) is 14.8. The first-order valence-corrected chi connectivity index (χ1v) is 6.79. The quantitative estimate of drug-likeness (QED) is 0.891. The van der Waals surface area contributed by atoms with Crippen LogP contribution in [-0.2, 0) is 4.79 Å². The minimum atomic E-state index is -0.212. The average molecular weight is 284 g/mol. The van der Waals surface area contributed by atoms with Crippen molar-refractivity contribution < 1.29 is 9.59 Å². The first-order chi connectivity index (χ1) is 10.2. The van der Waals surface area contributed by atoms with Gasteiger partial charge in [0, 0.05) is 31.6 Å². The number of carbonyl (C=O) groups excluding carboxylic acids is 2. The average Bonchev–Trinajstić information content (AvgIpc) is 3.03. The van der Waals surface area contributed by atoms with E-state index < -0.39 is 0 Å². The van der Waals surface area contributed by atoms with Crippen molar-refractivity contribution in [2.75, 3.05) is 18.5 Å². The van der Waals surface area contributed by atoms with Crippen LogP contribution in [0.1, 0.15) is 28.4 Å².